The predicted octanol–water partition coefficient (Wildman–Crippen LogP) is 6.06. The molecule has 11 nitrogen and oxygen atoms in total. The van der Waals surface area contributed by atoms with Crippen LogP contribution in [-0.4, -0.2) is 70.8 Å². The molecule has 1 amide bonds. The van der Waals surface area contributed by atoms with Crippen molar-refractivity contribution in [1.82, 2.24) is 5.32 Å². The summed E-state index contributed by atoms with van der Waals surface area (Å²) in [7, 11) is 1.18. The Morgan fingerprint density at radius 2 is 1.49 bits per heavy atom. The van der Waals surface area contributed by atoms with Crippen LogP contribution in [0.1, 0.15) is 124 Å². The molecule has 3 atom stereocenters. The van der Waals surface area contributed by atoms with Crippen LogP contribution in [0.3, 0.4) is 0 Å². The van der Waals surface area contributed by atoms with Crippen molar-refractivity contribution in [2.75, 3.05) is 13.7 Å². The third-order valence-electron chi connectivity index (χ3n) is 7.98. The number of amides is 1. The molecule has 0 spiro atoms. The van der Waals surface area contributed by atoms with Gasteiger partial charge in [0.05, 0.1) is 19.6 Å². The summed E-state index contributed by atoms with van der Waals surface area (Å²) in [5, 5.41) is 24.2. The fourth-order valence-corrected chi connectivity index (χ4v) is 5.25. The maximum absolute atomic E-state index is 13.9. The fraction of sp³-hybridized carbons (Fsp3) is 0.658. The van der Waals surface area contributed by atoms with Crippen LogP contribution in [0, 0.1) is 5.92 Å². The number of carbonyl (C=O) groups is 5. The molecule has 11 heteroatoms. The first kappa shape index (κ1) is 43.3. The van der Waals surface area contributed by atoms with Crippen molar-refractivity contribution < 1.29 is 48.4 Å². The van der Waals surface area contributed by atoms with Gasteiger partial charge in [0, 0.05) is 32.6 Å². The maximum atomic E-state index is 13.9. The average molecular weight is 690 g/mol. The van der Waals surface area contributed by atoms with E-state index in [0.717, 1.165) is 38.5 Å². The predicted molar refractivity (Wildman–Crippen MR) is 187 cm³/mol. The van der Waals surface area contributed by atoms with E-state index in [9.17, 15) is 34.2 Å². The molecule has 0 radical (unpaired) electrons. The smallest absolute Gasteiger partial charge is 0.339 e. The van der Waals surface area contributed by atoms with Crippen LogP contribution < -0.4 is 5.32 Å². The Morgan fingerprint density at radius 3 is 2.04 bits per heavy atom. The van der Waals surface area contributed by atoms with Gasteiger partial charge in [-0.3, -0.25) is 14.4 Å². The quantitative estimate of drug-likeness (QED) is 0.0503. The summed E-state index contributed by atoms with van der Waals surface area (Å²) < 4.78 is 15.5. The number of aliphatic hydroxyl groups is 1. The van der Waals surface area contributed by atoms with Gasteiger partial charge in [-0.25, -0.2) is 9.59 Å². The third-order valence-corrected chi connectivity index (χ3v) is 7.98. The number of ketones is 1. The highest BCUT2D eigenvalue weighted by molar-refractivity contribution is 5.93. The molecule has 1 rings (SSSR count). The van der Waals surface area contributed by atoms with Gasteiger partial charge in [-0.2, -0.15) is 0 Å². The molecule has 0 fully saturated rings. The van der Waals surface area contributed by atoms with E-state index in [-0.39, 0.29) is 18.8 Å². The lowest BCUT2D eigenvalue weighted by Gasteiger charge is -2.34. The Hall–Kier alpha value is -3.73. The molecule has 0 saturated heterocycles. The Morgan fingerprint density at radius 1 is 0.898 bits per heavy atom. The number of hydrogen-bond acceptors (Lipinski definition) is 10. The molecular formula is C38H59NO10. The van der Waals surface area contributed by atoms with E-state index in [2.05, 4.69) is 12.2 Å². The number of nitrogens with one attached hydrogen (secondary N) is 1. The number of methoxy groups -OCH3 is 1. The zero-order valence-corrected chi connectivity index (χ0v) is 30.4. The number of esters is 3. The second-order valence-corrected chi connectivity index (χ2v) is 13.5. The van der Waals surface area contributed by atoms with Crippen LogP contribution in [0.4, 0.5) is 0 Å². The number of phenolic OH excluding ortho intramolecular Hbond substituents is 1. The molecule has 3 N–H and O–H groups in total. The van der Waals surface area contributed by atoms with Crippen molar-refractivity contribution in [3.8, 4) is 5.75 Å². The Balaban J connectivity index is 3.11. The molecule has 0 aromatic heterocycles. The Bertz CT molecular complexity index is 1200. The van der Waals surface area contributed by atoms with Gasteiger partial charge in [0.15, 0.2) is 5.60 Å². The van der Waals surface area contributed by atoms with Crippen molar-refractivity contribution in [2.45, 2.75) is 142 Å². The molecule has 0 aliphatic heterocycles. The molecule has 0 bridgehead atoms. The molecule has 0 unspecified atom stereocenters. The van der Waals surface area contributed by atoms with Crippen molar-refractivity contribution >= 4 is 29.6 Å². The van der Waals surface area contributed by atoms with E-state index in [0.29, 0.717) is 30.6 Å². The molecule has 1 aromatic carbocycles. The molecule has 0 aliphatic rings. The summed E-state index contributed by atoms with van der Waals surface area (Å²) >= 11 is 0. The summed E-state index contributed by atoms with van der Waals surface area (Å²) in [6.07, 6.45) is 13.3. The monoisotopic (exact) mass is 689 g/mol. The highest BCUT2D eigenvalue weighted by Gasteiger charge is 2.49. The highest BCUT2D eigenvalue weighted by atomic mass is 16.6. The maximum Gasteiger partial charge on any atom is 0.339 e. The van der Waals surface area contributed by atoms with E-state index >= 15 is 0 Å². The van der Waals surface area contributed by atoms with E-state index < -0.39 is 53.4 Å². The summed E-state index contributed by atoms with van der Waals surface area (Å²) in [5.41, 5.74) is -2.85. The lowest BCUT2D eigenvalue weighted by atomic mass is 9.82. The normalized spacial score (nSPS) is 14.0. The van der Waals surface area contributed by atoms with Crippen LogP contribution in [0.5, 0.6) is 5.75 Å². The number of Topliss-reactive ketones (excluding diaryl/α,β-unsaturated/α-hetero) is 1. The molecule has 49 heavy (non-hydrogen) atoms. The lowest BCUT2D eigenvalue weighted by Crippen LogP contribution is -2.56. The SMILES string of the molecule is CCCCCCCC(=O)CCCCCC/C=C/[C@H](C(=O)N[C@@H](Cc1ccc(O)cc1)C(=O)OC)[C@@](O)(CCOC(C)=O)C(=O)OC(C)(C)C. The van der Waals surface area contributed by atoms with Crippen molar-refractivity contribution in [3.05, 3.63) is 42.0 Å². The number of hydrogen-bond donors (Lipinski definition) is 3. The third kappa shape index (κ3) is 18.0. The Kier molecular flexibility index (Phi) is 20.2. The molecule has 0 aliphatic carbocycles. The number of unbranched alkanes of at least 4 members (excludes halogenated alkanes) is 8. The average Bonchev–Trinajstić information content (AvgIpc) is 3.03. The number of aromatic hydroxyl groups is 1. The van der Waals surface area contributed by atoms with E-state index in [4.69, 9.17) is 14.2 Å². The summed E-state index contributed by atoms with van der Waals surface area (Å²) in [5.74, 6) is -4.49. The van der Waals surface area contributed by atoms with Crippen LogP contribution in [0.25, 0.3) is 0 Å². The topological polar surface area (TPSA) is 166 Å². The van der Waals surface area contributed by atoms with Gasteiger partial charge in [0.25, 0.3) is 0 Å². The minimum absolute atomic E-state index is 0.00873. The first-order valence-corrected chi connectivity index (χ1v) is 17.6. The van der Waals surface area contributed by atoms with E-state index in [1.54, 1.807) is 39.0 Å². The van der Waals surface area contributed by atoms with Gasteiger partial charge < -0.3 is 29.7 Å². The lowest BCUT2D eigenvalue weighted by molar-refractivity contribution is -0.186. The van der Waals surface area contributed by atoms with Crippen LogP contribution >= 0.6 is 0 Å². The van der Waals surface area contributed by atoms with Gasteiger partial charge in [0.2, 0.25) is 5.91 Å². The van der Waals surface area contributed by atoms with Gasteiger partial charge in [-0.15, -0.1) is 0 Å². The van der Waals surface area contributed by atoms with Crippen LogP contribution in [-0.2, 0) is 44.6 Å². The molecular weight excluding hydrogens is 630 g/mol. The first-order valence-electron chi connectivity index (χ1n) is 17.6. The minimum Gasteiger partial charge on any atom is -0.508 e. The summed E-state index contributed by atoms with van der Waals surface area (Å²) in [4.78, 5) is 63.8. The van der Waals surface area contributed by atoms with Crippen LogP contribution in [0.15, 0.2) is 36.4 Å². The number of ether oxygens (including phenoxy) is 3. The van der Waals surface area contributed by atoms with Gasteiger partial charge >= 0.3 is 17.9 Å². The number of phenols is 1. The number of carbonyl (C=O) groups excluding carboxylic acids is 5. The number of rotatable bonds is 24. The van der Waals surface area contributed by atoms with Crippen molar-refractivity contribution in [3.63, 3.8) is 0 Å². The number of allylic oxidation sites excluding steroid dienone is 1. The first-order chi connectivity index (χ1) is 23.1. The summed E-state index contributed by atoms with van der Waals surface area (Å²) in [6.45, 7) is 7.84. The zero-order chi connectivity index (χ0) is 36.9. The molecule has 1 aromatic rings. The molecule has 0 heterocycles. The molecule has 0 saturated carbocycles. The molecule has 276 valence electrons. The van der Waals surface area contributed by atoms with Gasteiger partial charge in [-0.05, 0) is 64.2 Å². The number of benzene rings is 1. The Labute approximate surface area is 292 Å². The standard InChI is InChI=1S/C38H59NO10/c1-7-8-9-12-15-18-30(41)19-16-13-10-11-14-17-20-32(38(46,25-26-48-28(2)40)36(45)49-37(3,4)5)34(43)39-33(35(44)47-6)27-29-21-23-31(42)24-22-29/h17,20-24,32-33,42,46H,7-16,18-19,25-27H2,1-6H3,(H,39,43)/b20-17+/t32-,33+,38+/m1/s1. The second-order valence-electron chi connectivity index (χ2n) is 13.5. The van der Waals surface area contributed by atoms with E-state index in [1.165, 1.54) is 51.5 Å². The minimum atomic E-state index is -2.46. The van der Waals surface area contributed by atoms with Crippen molar-refractivity contribution in [1.29, 1.82) is 0 Å². The van der Waals surface area contributed by atoms with Crippen LogP contribution in [0.2, 0.25) is 0 Å². The van der Waals surface area contributed by atoms with Gasteiger partial charge in [0.1, 0.15) is 23.2 Å². The summed E-state index contributed by atoms with van der Waals surface area (Å²) in [6, 6.07) is 4.89. The fourth-order valence-electron chi connectivity index (χ4n) is 5.25. The van der Waals surface area contributed by atoms with E-state index in [1.807, 2.05) is 0 Å². The second kappa shape index (κ2) is 22.8. The van der Waals surface area contributed by atoms with Crippen molar-refractivity contribution in [2.24, 2.45) is 5.92 Å². The highest BCUT2D eigenvalue weighted by Crippen LogP contribution is 2.29. The van der Waals surface area contributed by atoms with Gasteiger partial charge in [-0.1, -0.05) is 69.7 Å². The largest absolute Gasteiger partial charge is 0.508 e. The zero-order valence-electron chi connectivity index (χ0n) is 30.4.